The van der Waals surface area contributed by atoms with E-state index in [1.165, 1.54) is 6.92 Å². The fourth-order valence-electron chi connectivity index (χ4n) is 2.70. The zero-order valence-electron chi connectivity index (χ0n) is 14.3. The Hall–Kier alpha value is -3.08. The second-order valence-corrected chi connectivity index (χ2v) is 5.77. The van der Waals surface area contributed by atoms with E-state index in [-0.39, 0.29) is 12.4 Å². The van der Waals surface area contributed by atoms with Gasteiger partial charge in [0.15, 0.2) is 5.78 Å². The summed E-state index contributed by atoms with van der Waals surface area (Å²) >= 11 is 0. The second-order valence-electron chi connectivity index (χ2n) is 5.77. The molecule has 0 fully saturated rings. The molecule has 0 saturated heterocycles. The van der Waals surface area contributed by atoms with E-state index in [1.807, 2.05) is 19.1 Å². The molecular formula is C20H18O5. The van der Waals surface area contributed by atoms with Crippen LogP contribution in [-0.4, -0.2) is 19.5 Å². The Morgan fingerprint density at radius 3 is 2.40 bits per heavy atom. The molecule has 2 aromatic carbocycles. The standard InChI is InChI=1S/C20H18O5/c1-12(21)11-24-16-8-9-18-17(10-16)13(2)19(20(22)25-18)14-4-6-15(23-3)7-5-14/h4-10H,11H2,1-3H3. The Balaban J connectivity index is 2.11. The highest BCUT2D eigenvalue weighted by Crippen LogP contribution is 2.30. The number of hydrogen-bond donors (Lipinski definition) is 0. The van der Waals surface area contributed by atoms with E-state index in [2.05, 4.69) is 0 Å². The van der Waals surface area contributed by atoms with Gasteiger partial charge in [0.05, 0.1) is 12.7 Å². The molecule has 3 aromatic rings. The number of carbonyl (C=O) groups is 1. The van der Waals surface area contributed by atoms with E-state index in [0.717, 1.165) is 16.5 Å². The summed E-state index contributed by atoms with van der Waals surface area (Å²) in [6.07, 6.45) is 0. The highest BCUT2D eigenvalue weighted by molar-refractivity contribution is 5.87. The minimum atomic E-state index is -0.396. The molecule has 0 atom stereocenters. The van der Waals surface area contributed by atoms with Crippen molar-refractivity contribution in [3.63, 3.8) is 0 Å². The van der Waals surface area contributed by atoms with Gasteiger partial charge in [-0.05, 0) is 55.3 Å². The Bertz CT molecular complexity index is 983. The topological polar surface area (TPSA) is 65.7 Å². The van der Waals surface area contributed by atoms with Crippen molar-refractivity contribution >= 4 is 16.8 Å². The first-order valence-electron chi connectivity index (χ1n) is 7.83. The molecule has 5 heteroatoms. The van der Waals surface area contributed by atoms with Gasteiger partial charge in [-0.15, -0.1) is 0 Å². The molecule has 25 heavy (non-hydrogen) atoms. The smallest absolute Gasteiger partial charge is 0.344 e. The number of carbonyl (C=O) groups excluding carboxylic acids is 1. The Morgan fingerprint density at radius 1 is 1.08 bits per heavy atom. The van der Waals surface area contributed by atoms with Crippen LogP contribution in [0.1, 0.15) is 12.5 Å². The summed E-state index contributed by atoms with van der Waals surface area (Å²) < 4.78 is 16.1. The normalized spacial score (nSPS) is 10.7. The maximum absolute atomic E-state index is 12.4. The molecule has 3 rings (SSSR count). The largest absolute Gasteiger partial charge is 0.497 e. The third-order valence-corrected chi connectivity index (χ3v) is 3.96. The zero-order chi connectivity index (χ0) is 18.0. The highest BCUT2D eigenvalue weighted by atomic mass is 16.5. The average molecular weight is 338 g/mol. The number of ether oxygens (including phenoxy) is 2. The third kappa shape index (κ3) is 3.40. The van der Waals surface area contributed by atoms with Gasteiger partial charge in [0.2, 0.25) is 0 Å². The van der Waals surface area contributed by atoms with Crippen LogP contribution in [0, 0.1) is 6.92 Å². The predicted octanol–water partition coefficient (Wildman–Crippen LogP) is 3.74. The van der Waals surface area contributed by atoms with E-state index in [0.29, 0.717) is 22.6 Å². The van der Waals surface area contributed by atoms with Crippen molar-refractivity contribution in [2.45, 2.75) is 13.8 Å². The molecule has 0 aliphatic carbocycles. The molecule has 0 aliphatic rings. The molecule has 0 unspecified atom stereocenters. The Kier molecular flexibility index (Phi) is 4.57. The van der Waals surface area contributed by atoms with E-state index >= 15 is 0 Å². The highest BCUT2D eigenvalue weighted by Gasteiger charge is 2.14. The van der Waals surface area contributed by atoms with E-state index in [4.69, 9.17) is 13.9 Å². The number of Topliss-reactive ketones (excluding diaryl/α,β-unsaturated/α-hetero) is 1. The first-order valence-corrected chi connectivity index (χ1v) is 7.83. The fourth-order valence-corrected chi connectivity index (χ4v) is 2.70. The van der Waals surface area contributed by atoms with Crippen LogP contribution in [0.4, 0.5) is 0 Å². The molecule has 0 N–H and O–H groups in total. The minimum Gasteiger partial charge on any atom is -0.497 e. The zero-order valence-corrected chi connectivity index (χ0v) is 14.3. The van der Waals surface area contributed by atoms with E-state index in [9.17, 15) is 9.59 Å². The Morgan fingerprint density at radius 2 is 1.76 bits per heavy atom. The number of rotatable bonds is 5. The van der Waals surface area contributed by atoms with Crippen LogP contribution in [0.15, 0.2) is 51.7 Å². The maximum atomic E-state index is 12.4. The SMILES string of the molecule is COc1ccc(-c2c(C)c3cc(OCC(C)=O)ccc3oc2=O)cc1. The summed E-state index contributed by atoms with van der Waals surface area (Å²) in [5.41, 5.74) is 2.13. The van der Waals surface area contributed by atoms with Crippen molar-refractivity contribution in [3.8, 4) is 22.6 Å². The number of benzene rings is 2. The number of methoxy groups -OCH3 is 1. The summed E-state index contributed by atoms with van der Waals surface area (Å²) in [6.45, 7) is 3.34. The van der Waals surface area contributed by atoms with Crippen LogP contribution < -0.4 is 15.1 Å². The molecule has 5 nitrogen and oxygen atoms in total. The van der Waals surface area contributed by atoms with Gasteiger partial charge in [-0.1, -0.05) is 12.1 Å². The quantitative estimate of drug-likeness (QED) is 0.663. The Labute approximate surface area is 144 Å². The summed E-state index contributed by atoms with van der Waals surface area (Å²) in [5.74, 6) is 1.21. The lowest BCUT2D eigenvalue weighted by molar-refractivity contribution is -0.118. The van der Waals surface area contributed by atoms with Gasteiger partial charge in [-0.2, -0.15) is 0 Å². The van der Waals surface area contributed by atoms with Crippen molar-refractivity contribution in [1.29, 1.82) is 0 Å². The number of fused-ring (bicyclic) bond motifs is 1. The van der Waals surface area contributed by atoms with Gasteiger partial charge in [-0.3, -0.25) is 4.79 Å². The van der Waals surface area contributed by atoms with Crippen LogP contribution in [0.2, 0.25) is 0 Å². The molecule has 1 heterocycles. The number of hydrogen-bond acceptors (Lipinski definition) is 5. The van der Waals surface area contributed by atoms with Gasteiger partial charge in [-0.25, -0.2) is 4.79 Å². The average Bonchev–Trinajstić information content (AvgIpc) is 2.60. The first kappa shape index (κ1) is 16.8. The molecule has 0 aliphatic heterocycles. The van der Waals surface area contributed by atoms with Gasteiger partial charge in [0.1, 0.15) is 23.7 Å². The second kappa shape index (κ2) is 6.81. The first-order chi connectivity index (χ1) is 12.0. The lowest BCUT2D eigenvalue weighted by atomic mass is 9.99. The molecule has 128 valence electrons. The van der Waals surface area contributed by atoms with Crippen molar-refractivity contribution < 1.29 is 18.7 Å². The van der Waals surface area contributed by atoms with Gasteiger partial charge < -0.3 is 13.9 Å². The van der Waals surface area contributed by atoms with Crippen LogP contribution in [-0.2, 0) is 4.79 Å². The van der Waals surface area contributed by atoms with Crippen LogP contribution in [0.25, 0.3) is 22.1 Å². The monoisotopic (exact) mass is 338 g/mol. The van der Waals surface area contributed by atoms with Gasteiger partial charge >= 0.3 is 5.63 Å². The summed E-state index contributed by atoms with van der Waals surface area (Å²) in [6, 6.07) is 12.4. The molecular weight excluding hydrogens is 320 g/mol. The van der Waals surface area contributed by atoms with Crippen LogP contribution in [0.5, 0.6) is 11.5 Å². The lowest BCUT2D eigenvalue weighted by Crippen LogP contribution is -2.08. The summed E-state index contributed by atoms with van der Waals surface area (Å²) in [5, 5.41) is 0.770. The molecule has 0 bridgehead atoms. The summed E-state index contributed by atoms with van der Waals surface area (Å²) in [7, 11) is 1.59. The molecule has 0 amide bonds. The minimum absolute atomic E-state index is 0.00662. The fraction of sp³-hybridized carbons (Fsp3) is 0.200. The van der Waals surface area contributed by atoms with Crippen LogP contribution in [0.3, 0.4) is 0 Å². The van der Waals surface area contributed by atoms with Crippen molar-refractivity contribution in [2.24, 2.45) is 0 Å². The van der Waals surface area contributed by atoms with Gasteiger partial charge in [0.25, 0.3) is 0 Å². The number of ketones is 1. The van der Waals surface area contributed by atoms with Crippen molar-refractivity contribution in [1.82, 2.24) is 0 Å². The molecule has 0 spiro atoms. The predicted molar refractivity (Wildman–Crippen MR) is 95.4 cm³/mol. The van der Waals surface area contributed by atoms with Crippen molar-refractivity contribution in [3.05, 3.63) is 58.4 Å². The van der Waals surface area contributed by atoms with Crippen molar-refractivity contribution in [2.75, 3.05) is 13.7 Å². The number of aryl methyl sites for hydroxylation is 1. The molecule has 1 aromatic heterocycles. The molecule has 0 radical (unpaired) electrons. The van der Waals surface area contributed by atoms with Crippen LogP contribution >= 0.6 is 0 Å². The lowest BCUT2D eigenvalue weighted by Gasteiger charge is -2.10. The maximum Gasteiger partial charge on any atom is 0.344 e. The van der Waals surface area contributed by atoms with E-state index in [1.54, 1.807) is 37.4 Å². The van der Waals surface area contributed by atoms with Gasteiger partial charge in [0, 0.05) is 5.39 Å². The summed E-state index contributed by atoms with van der Waals surface area (Å²) in [4.78, 5) is 23.5. The van der Waals surface area contributed by atoms with E-state index < -0.39 is 5.63 Å². The third-order valence-electron chi connectivity index (χ3n) is 3.96. The molecule has 0 saturated carbocycles.